The number of pyridine rings is 1. The van der Waals surface area contributed by atoms with E-state index in [2.05, 4.69) is 21.9 Å². The molecule has 5 nitrogen and oxygen atoms in total. The average Bonchev–Trinajstić information content (AvgIpc) is 2.78. The third-order valence-electron chi connectivity index (χ3n) is 4.87. The maximum atomic E-state index is 13.9. The van der Waals surface area contributed by atoms with Gasteiger partial charge in [-0.3, -0.25) is 4.98 Å². The van der Waals surface area contributed by atoms with Crippen molar-refractivity contribution >= 4 is 16.7 Å². The lowest BCUT2D eigenvalue weighted by atomic mass is 10.0. The quantitative estimate of drug-likeness (QED) is 0.382. The molecule has 0 saturated heterocycles. The van der Waals surface area contributed by atoms with Crippen LogP contribution in [0.1, 0.15) is 13.3 Å². The number of benzene rings is 2. The summed E-state index contributed by atoms with van der Waals surface area (Å²) >= 11 is 0. The number of anilines is 1. The van der Waals surface area contributed by atoms with Gasteiger partial charge in [0.15, 0.2) is 5.82 Å². The minimum atomic E-state index is -0.292. The standard InChI is InChI=1S/C25H23FN4O/c1-16(2)9-11-31-22-14-19(17-6-4-8-20(26)12-17)13-21-23(22)29-24(30-25(21)27-3)18-7-5-10-28-15-18/h4-8,10,12-15H,1,9,11H2,2-3H3,(H,27,29,30). The number of rotatable bonds is 7. The molecule has 0 radical (unpaired) electrons. The third kappa shape index (κ3) is 4.53. The van der Waals surface area contributed by atoms with Crippen molar-refractivity contribution in [2.75, 3.05) is 19.0 Å². The molecular weight excluding hydrogens is 391 g/mol. The van der Waals surface area contributed by atoms with E-state index in [0.717, 1.165) is 34.1 Å². The van der Waals surface area contributed by atoms with Crippen molar-refractivity contribution in [3.63, 3.8) is 0 Å². The Kier molecular flexibility index (Phi) is 5.89. The van der Waals surface area contributed by atoms with Crippen LogP contribution in [0.15, 0.2) is 73.1 Å². The second-order valence-corrected chi connectivity index (χ2v) is 7.32. The minimum Gasteiger partial charge on any atom is -0.491 e. The van der Waals surface area contributed by atoms with E-state index < -0.39 is 0 Å². The second-order valence-electron chi connectivity index (χ2n) is 7.32. The average molecular weight is 414 g/mol. The number of hydrogen-bond donors (Lipinski definition) is 1. The molecule has 2 aromatic heterocycles. The molecule has 0 bridgehead atoms. The first kappa shape index (κ1) is 20.5. The van der Waals surface area contributed by atoms with Gasteiger partial charge in [0.1, 0.15) is 22.9 Å². The first-order chi connectivity index (χ1) is 15.0. The number of aromatic nitrogens is 3. The van der Waals surface area contributed by atoms with Crippen LogP contribution in [-0.4, -0.2) is 28.6 Å². The molecular formula is C25H23FN4O. The van der Waals surface area contributed by atoms with Crippen LogP contribution in [0.4, 0.5) is 10.2 Å². The van der Waals surface area contributed by atoms with Gasteiger partial charge in [0.05, 0.1) is 6.61 Å². The fourth-order valence-electron chi connectivity index (χ4n) is 3.30. The lowest BCUT2D eigenvalue weighted by Crippen LogP contribution is -2.03. The van der Waals surface area contributed by atoms with Crippen molar-refractivity contribution in [2.24, 2.45) is 0 Å². The maximum absolute atomic E-state index is 13.9. The number of fused-ring (bicyclic) bond motifs is 1. The van der Waals surface area contributed by atoms with Crippen LogP contribution in [0.3, 0.4) is 0 Å². The molecule has 4 aromatic rings. The monoisotopic (exact) mass is 414 g/mol. The minimum absolute atomic E-state index is 0.292. The summed E-state index contributed by atoms with van der Waals surface area (Å²) in [5, 5.41) is 3.95. The first-order valence-corrected chi connectivity index (χ1v) is 10.0. The zero-order valence-electron chi connectivity index (χ0n) is 17.5. The van der Waals surface area contributed by atoms with Crippen LogP contribution in [0.5, 0.6) is 5.75 Å². The van der Waals surface area contributed by atoms with Crippen molar-refractivity contribution in [1.82, 2.24) is 15.0 Å². The first-order valence-electron chi connectivity index (χ1n) is 10.0. The van der Waals surface area contributed by atoms with Crippen LogP contribution < -0.4 is 10.1 Å². The highest BCUT2D eigenvalue weighted by Crippen LogP contribution is 2.36. The molecule has 2 aromatic carbocycles. The van der Waals surface area contributed by atoms with Gasteiger partial charge < -0.3 is 10.1 Å². The summed E-state index contributed by atoms with van der Waals surface area (Å²) in [6.07, 6.45) is 4.16. The van der Waals surface area contributed by atoms with Crippen molar-refractivity contribution in [2.45, 2.75) is 13.3 Å². The molecule has 0 aliphatic carbocycles. The summed E-state index contributed by atoms with van der Waals surface area (Å²) in [6.45, 7) is 6.38. The predicted octanol–water partition coefficient (Wildman–Crippen LogP) is 5.88. The van der Waals surface area contributed by atoms with E-state index in [9.17, 15) is 4.39 Å². The zero-order chi connectivity index (χ0) is 21.8. The molecule has 0 amide bonds. The summed E-state index contributed by atoms with van der Waals surface area (Å²) in [5.41, 5.74) is 4.10. The van der Waals surface area contributed by atoms with Crippen LogP contribution in [0, 0.1) is 5.82 Å². The van der Waals surface area contributed by atoms with Gasteiger partial charge in [-0.1, -0.05) is 17.7 Å². The molecule has 0 spiro atoms. The fraction of sp³-hybridized carbons (Fsp3) is 0.160. The second kappa shape index (κ2) is 8.92. The Hall–Kier alpha value is -3.80. The van der Waals surface area contributed by atoms with Gasteiger partial charge in [0.25, 0.3) is 0 Å². The van der Waals surface area contributed by atoms with Gasteiger partial charge in [0, 0.05) is 36.8 Å². The van der Waals surface area contributed by atoms with E-state index in [1.54, 1.807) is 18.5 Å². The van der Waals surface area contributed by atoms with Crippen molar-refractivity contribution < 1.29 is 9.13 Å². The molecule has 1 N–H and O–H groups in total. The molecule has 31 heavy (non-hydrogen) atoms. The van der Waals surface area contributed by atoms with Gasteiger partial charge in [-0.2, -0.15) is 0 Å². The third-order valence-corrected chi connectivity index (χ3v) is 4.87. The van der Waals surface area contributed by atoms with Crippen molar-refractivity contribution in [3.8, 4) is 28.3 Å². The molecule has 4 rings (SSSR count). The van der Waals surface area contributed by atoms with Crippen molar-refractivity contribution in [3.05, 3.63) is 78.9 Å². The summed E-state index contributed by atoms with van der Waals surface area (Å²) in [6, 6.07) is 14.1. The molecule has 0 unspecified atom stereocenters. The number of nitrogens with zero attached hydrogens (tertiary/aromatic N) is 3. The Morgan fingerprint density at radius 3 is 2.61 bits per heavy atom. The van der Waals surface area contributed by atoms with Crippen LogP contribution in [0.25, 0.3) is 33.4 Å². The topological polar surface area (TPSA) is 59.9 Å². The number of ether oxygens (including phenoxy) is 1. The van der Waals surface area contributed by atoms with Crippen LogP contribution >= 0.6 is 0 Å². The van der Waals surface area contributed by atoms with E-state index in [-0.39, 0.29) is 5.82 Å². The smallest absolute Gasteiger partial charge is 0.163 e. The summed E-state index contributed by atoms with van der Waals surface area (Å²) in [5.74, 6) is 1.53. The van der Waals surface area contributed by atoms with Gasteiger partial charge in [0.2, 0.25) is 0 Å². The van der Waals surface area contributed by atoms with E-state index in [1.165, 1.54) is 12.1 Å². The van der Waals surface area contributed by atoms with Crippen LogP contribution in [-0.2, 0) is 0 Å². The van der Waals surface area contributed by atoms with Crippen LogP contribution in [0.2, 0.25) is 0 Å². The molecule has 156 valence electrons. The summed E-state index contributed by atoms with van der Waals surface area (Å²) < 4.78 is 20.0. The predicted molar refractivity (Wildman–Crippen MR) is 123 cm³/mol. The maximum Gasteiger partial charge on any atom is 0.163 e. The van der Waals surface area contributed by atoms with Crippen molar-refractivity contribution in [1.29, 1.82) is 0 Å². The number of halogens is 1. The number of nitrogens with one attached hydrogen (secondary N) is 1. The van der Waals surface area contributed by atoms with Gasteiger partial charge in [-0.05, 0) is 54.4 Å². The molecule has 0 saturated carbocycles. The number of hydrogen-bond acceptors (Lipinski definition) is 5. The highest BCUT2D eigenvalue weighted by molar-refractivity contribution is 5.97. The molecule has 2 heterocycles. The lowest BCUT2D eigenvalue weighted by molar-refractivity contribution is 0.325. The highest BCUT2D eigenvalue weighted by atomic mass is 19.1. The Morgan fingerprint density at radius 2 is 1.90 bits per heavy atom. The summed E-state index contributed by atoms with van der Waals surface area (Å²) in [7, 11) is 1.81. The Balaban J connectivity index is 1.92. The van der Waals surface area contributed by atoms with Gasteiger partial charge in [-0.15, -0.1) is 6.58 Å². The molecule has 0 aliphatic rings. The molecule has 0 atom stereocenters. The highest BCUT2D eigenvalue weighted by Gasteiger charge is 2.16. The largest absolute Gasteiger partial charge is 0.491 e. The van der Waals surface area contributed by atoms with E-state index >= 15 is 0 Å². The van der Waals surface area contributed by atoms with Gasteiger partial charge in [-0.25, -0.2) is 14.4 Å². The Bertz CT molecular complexity index is 1240. The van der Waals surface area contributed by atoms with E-state index in [4.69, 9.17) is 9.72 Å². The fourth-order valence-corrected chi connectivity index (χ4v) is 3.30. The molecule has 6 heteroatoms. The lowest BCUT2D eigenvalue weighted by Gasteiger charge is -2.15. The Labute approximate surface area is 180 Å². The summed E-state index contributed by atoms with van der Waals surface area (Å²) in [4.78, 5) is 13.7. The normalized spacial score (nSPS) is 10.8. The molecule has 0 fully saturated rings. The SMILES string of the molecule is C=C(C)CCOc1cc(-c2cccc(F)c2)cc2c(NC)nc(-c3cccnc3)nc12. The molecule has 0 aliphatic heterocycles. The van der Waals surface area contributed by atoms with E-state index in [0.29, 0.717) is 29.5 Å². The van der Waals surface area contributed by atoms with E-state index in [1.807, 2.05) is 44.3 Å². The zero-order valence-corrected chi connectivity index (χ0v) is 17.5. The van der Waals surface area contributed by atoms with Gasteiger partial charge >= 0.3 is 0 Å². The Morgan fingerprint density at radius 1 is 1.06 bits per heavy atom.